The maximum atomic E-state index is 12.9. The first-order valence-corrected chi connectivity index (χ1v) is 7.24. The van der Waals surface area contributed by atoms with Crippen molar-refractivity contribution in [1.82, 2.24) is 5.32 Å². The van der Waals surface area contributed by atoms with Crippen LogP contribution in [-0.4, -0.2) is 25.0 Å². The minimum absolute atomic E-state index is 0.0720. The number of carbonyl (C=O) groups excluding carboxylic acids is 2. The van der Waals surface area contributed by atoms with E-state index in [9.17, 15) is 14.0 Å². The number of esters is 1. The van der Waals surface area contributed by atoms with Gasteiger partial charge in [-0.25, -0.2) is 9.18 Å². The van der Waals surface area contributed by atoms with Crippen LogP contribution in [0.4, 0.5) is 4.39 Å². The summed E-state index contributed by atoms with van der Waals surface area (Å²) in [6.45, 7) is 0. The van der Waals surface area contributed by atoms with Gasteiger partial charge < -0.3 is 10.1 Å². The Balaban J connectivity index is 2.00. The molecule has 0 aliphatic carbocycles. The molecule has 2 aromatic carbocycles. The van der Waals surface area contributed by atoms with Gasteiger partial charge in [-0.15, -0.1) is 0 Å². The molecule has 2 rings (SSSR count). The summed E-state index contributed by atoms with van der Waals surface area (Å²) in [6.07, 6.45) is 0.422. The standard InChI is InChI=1S/C18H18FNO3/c1-23-18(22)16(11-13-5-3-2-4-6-13)20-17(21)12-14-7-9-15(19)10-8-14/h2-10,16H,11-12H2,1H3,(H,20,21)/t16-/m0/s1. The van der Waals surface area contributed by atoms with Crippen LogP contribution < -0.4 is 5.32 Å². The molecule has 0 aliphatic heterocycles. The Morgan fingerprint density at radius 1 is 1.04 bits per heavy atom. The van der Waals surface area contributed by atoms with Gasteiger partial charge in [-0.3, -0.25) is 4.79 Å². The van der Waals surface area contributed by atoms with Crippen molar-refractivity contribution >= 4 is 11.9 Å². The zero-order valence-corrected chi connectivity index (χ0v) is 12.8. The lowest BCUT2D eigenvalue weighted by atomic mass is 10.1. The molecule has 0 saturated heterocycles. The highest BCUT2D eigenvalue weighted by Crippen LogP contribution is 2.07. The molecule has 0 aliphatic rings. The maximum Gasteiger partial charge on any atom is 0.328 e. The van der Waals surface area contributed by atoms with Gasteiger partial charge in [-0.1, -0.05) is 42.5 Å². The van der Waals surface area contributed by atoms with Crippen LogP contribution in [-0.2, 0) is 27.2 Å². The largest absolute Gasteiger partial charge is 0.467 e. The van der Waals surface area contributed by atoms with Crippen LogP contribution in [0.25, 0.3) is 0 Å². The number of methoxy groups -OCH3 is 1. The molecule has 1 atom stereocenters. The molecule has 0 bridgehead atoms. The van der Waals surface area contributed by atoms with Gasteiger partial charge in [-0.05, 0) is 23.3 Å². The third kappa shape index (κ3) is 5.21. The number of rotatable bonds is 6. The summed E-state index contributed by atoms with van der Waals surface area (Å²) in [5.41, 5.74) is 1.59. The smallest absolute Gasteiger partial charge is 0.328 e. The number of benzene rings is 2. The molecule has 0 saturated carbocycles. The molecule has 2 aromatic rings. The molecule has 0 radical (unpaired) electrons. The van der Waals surface area contributed by atoms with E-state index in [4.69, 9.17) is 4.74 Å². The molecule has 0 aromatic heterocycles. The summed E-state index contributed by atoms with van der Waals surface area (Å²) >= 11 is 0. The maximum absolute atomic E-state index is 12.9. The molecule has 0 heterocycles. The van der Waals surface area contributed by atoms with Crippen LogP contribution in [0.15, 0.2) is 54.6 Å². The zero-order valence-electron chi connectivity index (χ0n) is 12.8. The summed E-state index contributed by atoms with van der Waals surface area (Å²) in [6, 6.07) is 14.3. The normalized spacial score (nSPS) is 11.6. The second kappa shape index (κ2) is 8.08. The Bertz CT molecular complexity index is 656. The van der Waals surface area contributed by atoms with Crippen LogP contribution in [0.5, 0.6) is 0 Å². The van der Waals surface area contributed by atoms with Crippen molar-refractivity contribution in [2.24, 2.45) is 0 Å². The first-order chi connectivity index (χ1) is 11.1. The quantitative estimate of drug-likeness (QED) is 0.832. The summed E-state index contributed by atoms with van der Waals surface area (Å²) < 4.78 is 17.6. The first-order valence-electron chi connectivity index (χ1n) is 7.24. The number of ether oxygens (including phenoxy) is 1. The predicted molar refractivity (Wildman–Crippen MR) is 84.2 cm³/mol. The van der Waals surface area contributed by atoms with E-state index >= 15 is 0 Å². The van der Waals surface area contributed by atoms with Gasteiger partial charge >= 0.3 is 5.97 Å². The number of hydrogen-bond donors (Lipinski definition) is 1. The van der Waals surface area contributed by atoms with E-state index in [0.29, 0.717) is 12.0 Å². The first kappa shape index (κ1) is 16.7. The molecule has 0 spiro atoms. The van der Waals surface area contributed by atoms with Crippen molar-refractivity contribution in [2.45, 2.75) is 18.9 Å². The molecule has 0 fully saturated rings. The molecule has 1 N–H and O–H groups in total. The van der Waals surface area contributed by atoms with Crippen molar-refractivity contribution in [3.63, 3.8) is 0 Å². The summed E-state index contributed by atoms with van der Waals surface area (Å²) in [5, 5.41) is 2.67. The molecule has 1 amide bonds. The van der Waals surface area contributed by atoms with Crippen LogP contribution >= 0.6 is 0 Å². The lowest BCUT2D eigenvalue weighted by molar-refractivity contribution is -0.145. The zero-order chi connectivity index (χ0) is 16.7. The van der Waals surface area contributed by atoms with E-state index < -0.39 is 12.0 Å². The second-order valence-electron chi connectivity index (χ2n) is 5.14. The Kier molecular flexibility index (Phi) is 5.86. The Hall–Kier alpha value is -2.69. The van der Waals surface area contributed by atoms with Crippen LogP contribution in [0.1, 0.15) is 11.1 Å². The van der Waals surface area contributed by atoms with E-state index in [1.54, 1.807) is 12.1 Å². The summed E-state index contributed by atoms with van der Waals surface area (Å²) in [4.78, 5) is 24.0. The second-order valence-corrected chi connectivity index (χ2v) is 5.14. The summed E-state index contributed by atoms with van der Waals surface area (Å²) in [7, 11) is 1.28. The van der Waals surface area contributed by atoms with E-state index in [0.717, 1.165) is 5.56 Å². The Morgan fingerprint density at radius 3 is 2.30 bits per heavy atom. The fourth-order valence-electron chi connectivity index (χ4n) is 2.22. The molecular formula is C18H18FNO3. The van der Waals surface area contributed by atoms with Gasteiger partial charge in [0.25, 0.3) is 0 Å². The average molecular weight is 315 g/mol. The molecular weight excluding hydrogens is 297 g/mol. The monoisotopic (exact) mass is 315 g/mol. The van der Waals surface area contributed by atoms with Crippen LogP contribution in [0.3, 0.4) is 0 Å². The lowest BCUT2D eigenvalue weighted by Crippen LogP contribution is -2.43. The van der Waals surface area contributed by atoms with Gasteiger partial charge in [0, 0.05) is 6.42 Å². The van der Waals surface area contributed by atoms with Crippen molar-refractivity contribution in [1.29, 1.82) is 0 Å². The van der Waals surface area contributed by atoms with Gasteiger partial charge in [-0.2, -0.15) is 0 Å². The highest BCUT2D eigenvalue weighted by molar-refractivity contribution is 5.85. The lowest BCUT2D eigenvalue weighted by Gasteiger charge is -2.16. The number of amides is 1. The van der Waals surface area contributed by atoms with E-state index in [-0.39, 0.29) is 18.1 Å². The fourth-order valence-corrected chi connectivity index (χ4v) is 2.22. The third-order valence-electron chi connectivity index (χ3n) is 3.38. The minimum atomic E-state index is -0.754. The van der Waals surface area contributed by atoms with E-state index in [1.807, 2.05) is 30.3 Å². The van der Waals surface area contributed by atoms with E-state index in [1.165, 1.54) is 19.2 Å². The highest BCUT2D eigenvalue weighted by atomic mass is 19.1. The van der Waals surface area contributed by atoms with Crippen molar-refractivity contribution in [3.05, 3.63) is 71.5 Å². The van der Waals surface area contributed by atoms with Crippen molar-refractivity contribution < 1.29 is 18.7 Å². The number of nitrogens with one attached hydrogen (secondary N) is 1. The van der Waals surface area contributed by atoms with Crippen molar-refractivity contribution in [3.8, 4) is 0 Å². The Labute approximate surface area is 134 Å². The number of carbonyl (C=O) groups is 2. The average Bonchev–Trinajstić information content (AvgIpc) is 2.56. The molecule has 5 heteroatoms. The van der Waals surface area contributed by atoms with Gasteiger partial charge in [0.05, 0.1) is 13.5 Å². The van der Waals surface area contributed by atoms with Gasteiger partial charge in [0.1, 0.15) is 11.9 Å². The van der Waals surface area contributed by atoms with E-state index in [2.05, 4.69) is 5.32 Å². The summed E-state index contributed by atoms with van der Waals surface area (Å²) in [5.74, 6) is -1.17. The third-order valence-corrected chi connectivity index (χ3v) is 3.38. The highest BCUT2D eigenvalue weighted by Gasteiger charge is 2.21. The molecule has 4 nitrogen and oxygen atoms in total. The van der Waals surface area contributed by atoms with Crippen LogP contribution in [0, 0.1) is 5.82 Å². The number of hydrogen-bond acceptors (Lipinski definition) is 3. The molecule has 120 valence electrons. The molecule has 0 unspecified atom stereocenters. The fraction of sp³-hybridized carbons (Fsp3) is 0.222. The molecule has 23 heavy (non-hydrogen) atoms. The SMILES string of the molecule is COC(=O)[C@H](Cc1ccccc1)NC(=O)Cc1ccc(F)cc1. The van der Waals surface area contributed by atoms with Gasteiger partial charge in [0.15, 0.2) is 0 Å². The van der Waals surface area contributed by atoms with Crippen LogP contribution in [0.2, 0.25) is 0 Å². The van der Waals surface area contributed by atoms with Crippen molar-refractivity contribution in [2.75, 3.05) is 7.11 Å². The predicted octanol–water partition coefficient (Wildman–Crippen LogP) is 2.27. The minimum Gasteiger partial charge on any atom is -0.467 e. The number of halogens is 1. The topological polar surface area (TPSA) is 55.4 Å². The van der Waals surface area contributed by atoms with Gasteiger partial charge in [0.2, 0.25) is 5.91 Å². The Morgan fingerprint density at radius 2 is 1.70 bits per heavy atom.